The number of hydrogen-bond acceptors (Lipinski definition) is 3. The zero-order valence-electron chi connectivity index (χ0n) is 20.2. The van der Waals surface area contributed by atoms with Crippen LogP contribution in [0, 0.1) is 0 Å². The van der Waals surface area contributed by atoms with E-state index in [1.807, 2.05) is 70.6 Å². The molecule has 6 rings (SSSR count). The van der Waals surface area contributed by atoms with Gasteiger partial charge in [-0.1, -0.05) is 88.7 Å². The Kier molecular flexibility index (Phi) is 6.45. The monoisotopic (exact) mass is 551 g/mol. The number of nitrogens with zero attached hydrogens (tertiary/aromatic N) is 5. The molecule has 0 saturated carbocycles. The largest absolute Gasteiger partial charge is 0.337 e. The molecule has 37 heavy (non-hydrogen) atoms. The van der Waals surface area contributed by atoms with E-state index in [2.05, 4.69) is 61.9 Å². The fourth-order valence-corrected chi connectivity index (χ4v) is 5.38. The van der Waals surface area contributed by atoms with Gasteiger partial charge >= 0.3 is 0 Å². The fraction of sp³-hybridized carbons (Fsp3) is 0.167. The summed E-state index contributed by atoms with van der Waals surface area (Å²) in [7, 11) is 0. The predicted molar refractivity (Wildman–Crippen MR) is 147 cm³/mol. The molecule has 0 saturated heterocycles. The molecule has 3 heterocycles. The van der Waals surface area contributed by atoms with Gasteiger partial charge in [0.1, 0.15) is 5.69 Å². The van der Waals surface area contributed by atoms with Crippen molar-refractivity contribution in [2.24, 2.45) is 0 Å². The van der Waals surface area contributed by atoms with Gasteiger partial charge in [0.05, 0.1) is 24.6 Å². The number of halogens is 1. The molecule has 0 fully saturated rings. The lowest BCUT2D eigenvalue weighted by molar-refractivity contribution is 0.0734. The summed E-state index contributed by atoms with van der Waals surface area (Å²) in [6.07, 6.45) is 6.38. The van der Waals surface area contributed by atoms with E-state index in [4.69, 9.17) is 5.10 Å². The Balaban J connectivity index is 1.46. The van der Waals surface area contributed by atoms with Crippen molar-refractivity contribution in [3.63, 3.8) is 0 Å². The third kappa shape index (κ3) is 4.62. The molecule has 184 valence electrons. The van der Waals surface area contributed by atoms with Crippen LogP contribution in [0.1, 0.15) is 39.6 Å². The zero-order chi connectivity index (χ0) is 25.2. The van der Waals surface area contributed by atoms with E-state index in [1.54, 1.807) is 6.20 Å². The smallest absolute Gasteiger partial charge is 0.273 e. The molecule has 7 heteroatoms. The van der Waals surface area contributed by atoms with E-state index in [9.17, 15) is 4.79 Å². The van der Waals surface area contributed by atoms with Gasteiger partial charge in [0.2, 0.25) is 0 Å². The number of benzene rings is 3. The van der Waals surface area contributed by atoms with Crippen LogP contribution in [0.25, 0.3) is 11.3 Å². The first-order valence-corrected chi connectivity index (χ1v) is 13.2. The quantitative estimate of drug-likeness (QED) is 0.231. The number of carbonyl (C=O) groups excluding carboxylic acids is 1. The van der Waals surface area contributed by atoms with E-state index in [1.165, 1.54) is 0 Å². The van der Waals surface area contributed by atoms with Gasteiger partial charge in [-0.2, -0.15) is 5.10 Å². The minimum Gasteiger partial charge on any atom is -0.337 e. The number of aromatic nitrogens is 4. The number of carbonyl (C=O) groups is 1. The Hall–Kier alpha value is -3.97. The van der Waals surface area contributed by atoms with Crippen LogP contribution >= 0.6 is 15.9 Å². The number of imidazole rings is 1. The van der Waals surface area contributed by atoms with Gasteiger partial charge in [-0.05, 0) is 29.7 Å². The maximum Gasteiger partial charge on any atom is 0.273 e. The Bertz CT molecular complexity index is 1500. The standard InChI is InChI=1S/C30H26BrN5O/c31-25-14-12-24(13-15-25)28-26-27(23-10-5-2-6-11-23)33-36(20-22-8-3-1-4-9-22)29(26)30(37)35(28)18-7-17-34-19-16-32-21-34/h1-6,8-16,19,21,28H,7,17-18,20H2/t28-/m1/s1. The molecule has 6 nitrogen and oxygen atoms in total. The Morgan fingerprint density at radius 2 is 1.59 bits per heavy atom. The first-order valence-electron chi connectivity index (χ1n) is 12.4. The topological polar surface area (TPSA) is 56.0 Å². The normalized spacial score (nSPS) is 14.8. The van der Waals surface area contributed by atoms with E-state index >= 15 is 0 Å². The van der Waals surface area contributed by atoms with Crippen molar-refractivity contribution < 1.29 is 4.79 Å². The summed E-state index contributed by atoms with van der Waals surface area (Å²) in [4.78, 5) is 20.3. The molecule has 1 amide bonds. The van der Waals surface area contributed by atoms with Gasteiger partial charge in [-0.15, -0.1) is 0 Å². The molecular formula is C30H26BrN5O. The third-order valence-electron chi connectivity index (χ3n) is 6.82. The summed E-state index contributed by atoms with van der Waals surface area (Å²) in [6.45, 7) is 1.97. The highest BCUT2D eigenvalue weighted by Crippen LogP contribution is 2.44. The third-order valence-corrected chi connectivity index (χ3v) is 7.35. The summed E-state index contributed by atoms with van der Waals surface area (Å²) in [5.74, 6) is 0.0270. The van der Waals surface area contributed by atoms with Crippen LogP contribution in [-0.4, -0.2) is 36.7 Å². The summed E-state index contributed by atoms with van der Waals surface area (Å²) in [6, 6.07) is 28.4. The Morgan fingerprint density at radius 3 is 2.30 bits per heavy atom. The van der Waals surface area contributed by atoms with Crippen LogP contribution in [0.15, 0.2) is 108 Å². The van der Waals surface area contributed by atoms with Crippen LogP contribution < -0.4 is 0 Å². The van der Waals surface area contributed by atoms with Crippen molar-refractivity contribution in [3.05, 3.63) is 131 Å². The summed E-state index contributed by atoms with van der Waals surface area (Å²) in [5.41, 5.74) is 5.73. The maximum absolute atomic E-state index is 14.1. The average Bonchev–Trinajstić information content (AvgIpc) is 3.64. The molecule has 0 aliphatic carbocycles. The minimum atomic E-state index is -0.210. The zero-order valence-corrected chi connectivity index (χ0v) is 21.8. The van der Waals surface area contributed by atoms with Crippen LogP contribution in [0.5, 0.6) is 0 Å². The second-order valence-electron chi connectivity index (χ2n) is 9.23. The van der Waals surface area contributed by atoms with Gasteiger partial charge in [0.25, 0.3) is 5.91 Å². The summed E-state index contributed by atoms with van der Waals surface area (Å²) >= 11 is 3.56. The summed E-state index contributed by atoms with van der Waals surface area (Å²) in [5, 5.41) is 5.04. The van der Waals surface area contributed by atoms with Gasteiger partial charge in [-0.25, -0.2) is 4.98 Å². The highest BCUT2D eigenvalue weighted by Gasteiger charge is 2.43. The second-order valence-corrected chi connectivity index (χ2v) is 10.1. The van der Waals surface area contributed by atoms with Gasteiger partial charge in [0, 0.05) is 41.1 Å². The lowest BCUT2D eigenvalue weighted by Gasteiger charge is -2.27. The molecule has 1 aliphatic rings. The molecule has 0 bridgehead atoms. The lowest BCUT2D eigenvalue weighted by atomic mass is 9.96. The second kappa shape index (κ2) is 10.2. The lowest BCUT2D eigenvalue weighted by Crippen LogP contribution is -2.32. The van der Waals surface area contributed by atoms with Crippen molar-refractivity contribution in [1.29, 1.82) is 0 Å². The van der Waals surface area contributed by atoms with Crippen molar-refractivity contribution >= 4 is 21.8 Å². The van der Waals surface area contributed by atoms with E-state index < -0.39 is 0 Å². The SMILES string of the molecule is O=C1c2c(c(-c3ccccc3)nn2Cc2ccccc2)[C@@H](c2ccc(Br)cc2)N1CCCn1ccnc1. The number of hydrogen-bond donors (Lipinski definition) is 0. The van der Waals surface area contributed by atoms with Gasteiger partial charge in [-0.3, -0.25) is 9.48 Å². The number of fused-ring (bicyclic) bond motifs is 1. The number of rotatable bonds is 8. The molecule has 2 aromatic heterocycles. The van der Waals surface area contributed by atoms with E-state index in [-0.39, 0.29) is 11.9 Å². The molecule has 0 unspecified atom stereocenters. The Morgan fingerprint density at radius 1 is 0.865 bits per heavy atom. The molecule has 1 atom stereocenters. The van der Waals surface area contributed by atoms with Crippen LogP contribution in [0.2, 0.25) is 0 Å². The molecule has 5 aromatic rings. The highest BCUT2D eigenvalue weighted by molar-refractivity contribution is 9.10. The molecule has 0 spiro atoms. The van der Waals surface area contributed by atoms with Crippen molar-refractivity contribution in [1.82, 2.24) is 24.2 Å². The van der Waals surface area contributed by atoms with Crippen molar-refractivity contribution in [2.45, 2.75) is 25.6 Å². The molecule has 3 aromatic carbocycles. The van der Waals surface area contributed by atoms with E-state index in [0.717, 1.165) is 45.4 Å². The molecular weight excluding hydrogens is 526 g/mol. The van der Waals surface area contributed by atoms with Gasteiger partial charge < -0.3 is 9.47 Å². The first-order chi connectivity index (χ1) is 18.2. The maximum atomic E-state index is 14.1. The molecule has 0 N–H and O–H groups in total. The highest BCUT2D eigenvalue weighted by atomic mass is 79.9. The van der Waals surface area contributed by atoms with Crippen LogP contribution in [0.4, 0.5) is 0 Å². The Labute approximate surface area is 224 Å². The molecule has 1 aliphatic heterocycles. The summed E-state index contributed by atoms with van der Waals surface area (Å²) < 4.78 is 4.96. The number of aryl methyl sites for hydroxylation is 1. The molecule has 0 radical (unpaired) electrons. The minimum absolute atomic E-state index is 0.0270. The van der Waals surface area contributed by atoms with E-state index in [0.29, 0.717) is 18.8 Å². The number of amides is 1. The average molecular weight is 552 g/mol. The van der Waals surface area contributed by atoms with Crippen LogP contribution in [0.3, 0.4) is 0 Å². The van der Waals surface area contributed by atoms with Gasteiger partial charge in [0.15, 0.2) is 0 Å². The first kappa shape index (κ1) is 23.4. The van der Waals surface area contributed by atoms with Crippen LogP contribution in [-0.2, 0) is 13.1 Å². The van der Waals surface area contributed by atoms with Crippen molar-refractivity contribution in [3.8, 4) is 11.3 Å². The fourth-order valence-electron chi connectivity index (χ4n) is 5.11. The van der Waals surface area contributed by atoms with Crippen molar-refractivity contribution in [2.75, 3.05) is 6.54 Å². The predicted octanol–water partition coefficient (Wildman–Crippen LogP) is 6.19.